The van der Waals surface area contributed by atoms with Crippen molar-refractivity contribution >= 4 is 16.6 Å². The summed E-state index contributed by atoms with van der Waals surface area (Å²) in [7, 11) is 1.65. The van der Waals surface area contributed by atoms with Crippen molar-refractivity contribution in [1.29, 1.82) is 0 Å². The zero-order valence-corrected chi connectivity index (χ0v) is 18.0. The van der Waals surface area contributed by atoms with Gasteiger partial charge in [0.05, 0.1) is 18.3 Å². The number of rotatable bonds is 7. The normalized spacial score (nSPS) is 15.5. The standard InChI is InChI=1S/C25H32N4O/c1-18-14-22-20(4-3-5-24(22)28-16-18)8-11-29-12-9-21(10-13-29)27-17-19-6-7-25(30-2)23(26)15-19/h3-7,14-16,21,27H,8-13,17,26H2,1-2H3. The SMILES string of the molecule is COc1ccc(CNC2CCN(CCc3cccc4ncc(C)cc34)CC2)cc1N. The first-order valence-corrected chi connectivity index (χ1v) is 10.8. The summed E-state index contributed by atoms with van der Waals surface area (Å²) in [5.74, 6) is 0.740. The molecule has 30 heavy (non-hydrogen) atoms. The number of hydrogen-bond donors (Lipinski definition) is 2. The van der Waals surface area contributed by atoms with Gasteiger partial charge in [0.25, 0.3) is 0 Å². The number of nitrogens with zero attached hydrogens (tertiary/aromatic N) is 2. The Morgan fingerprint density at radius 1 is 1.17 bits per heavy atom. The minimum Gasteiger partial charge on any atom is -0.495 e. The molecule has 3 aromatic rings. The highest BCUT2D eigenvalue weighted by Crippen LogP contribution is 2.23. The van der Waals surface area contributed by atoms with Gasteiger partial charge >= 0.3 is 0 Å². The summed E-state index contributed by atoms with van der Waals surface area (Å²) < 4.78 is 5.24. The average molecular weight is 405 g/mol. The molecule has 0 atom stereocenters. The minimum absolute atomic E-state index is 0.564. The molecule has 1 aliphatic rings. The monoisotopic (exact) mass is 404 g/mol. The third-order valence-corrected chi connectivity index (χ3v) is 6.13. The molecule has 5 heteroatoms. The maximum atomic E-state index is 6.02. The van der Waals surface area contributed by atoms with Crippen LogP contribution in [-0.2, 0) is 13.0 Å². The Labute approximate surface area is 179 Å². The zero-order chi connectivity index (χ0) is 20.9. The second-order valence-electron chi connectivity index (χ2n) is 8.32. The van der Waals surface area contributed by atoms with Gasteiger partial charge in [-0.05, 0) is 80.2 Å². The van der Waals surface area contributed by atoms with Crippen molar-refractivity contribution in [2.24, 2.45) is 0 Å². The van der Waals surface area contributed by atoms with Gasteiger partial charge in [-0.2, -0.15) is 0 Å². The molecular formula is C25H32N4O. The van der Waals surface area contributed by atoms with Crippen molar-refractivity contribution in [3.05, 3.63) is 65.4 Å². The van der Waals surface area contributed by atoms with Gasteiger partial charge in [0.1, 0.15) is 5.75 Å². The number of fused-ring (bicyclic) bond motifs is 1. The van der Waals surface area contributed by atoms with E-state index in [9.17, 15) is 0 Å². The zero-order valence-electron chi connectivity index (χ0n) is 18.0. The molecule has 2 aromatic carbocycles. The fourth-order valence-corrected chi connectivity index (χ4v) is 4.33. The van der Waals surface area contributed by atoms with Crippen molar-refractivity contribution in [3.8, 4) is 5.75 Å². The smallest absolute Gasteiger partial charge is 0.141 e. The van der Waals surface area contributed by atoms with Gasteiger partial charge in [-0.15, -0.1) is 0 Å². The summed E-state index contributed by atoms with van der Waals surface area (Å²) in [6.45, 7) is 6.35. The van der Waals surface area contributed by atoms with Crippen molar-refractivity contribution in [2.75, 3.05) is 32.5 Å². The van der Waals surface area contributed by atoms with E-state index in [2.05, 4.69) is 52.5 Å². The van der Waals surface area contributed by atoms with Crippen LogP contribution in [-0.4, -0.2) is 42.7 Å². The summed E-state index contributed by atoms with van der Waals surface area (Å²) in [5, 5.41) is 4.99. The lowest BCUT2D eigenvalue weighted by Gasteiger charge is -2.32. The van der Waals surface area contributed by atoms with E-state index in [4.69, 9.17) is 10.5 Å². The van der Waals surface area contributed by atoms with Crippen LogP contribution in [0.2, 0.25) is 0 Å². The van der Waals surface area contributed by atoms with Gasteiger partial charge < -0.3 is 20.7 Å². The lowest BCUT2D eigenvalue weighted by molar-refractivity contribution is 0.199. The number of nitrogens with one attached hydrogen (secondary N) is 1. The van der Waals surface area contributed by atoms with Gasteiger partial charge in [-0.25, -0.2) is 0 Å². The van der Waals surface area contributed by atoms with Crippen LogP contribution in [0.15, 0.2) is 48.7 Å². The number of likely N-dealkylation sites (tertiary alicyclic amines) is 1. The molecular weight excluding hydrogens is 372 g/mol. The molecule has 0 radical (unpaired) electrons. The fourth-order valence-electron chi connectivity index (χ4n) is 4.33. The summed E-state index contributed by atoms with van der Waals surface area (Å²) in [5.41, 5.74) is 11.6. The Hall–Kier alpha value is -2.63. The molecule has 3 N–H and O–H groups in total. The predicted molar refractivity (Wildman–Crippen MR) is 124 cm³/mol. The fraction of sp³-hybridized carbons (Fsp3) is 0.400. The Morgan fingerprint density at radius 3 is 2.77 bits per heavy atom. The Morgan fingerprint density at radius 2 is 2.00 bits per heavy atom. The van der Waals surface area contributed by atoms with E-state index >= 15 is 0 Å². The van der Waals surface area contributed by atoms with Crippen LogP contribution in [0, 0.1) is 6.92 Å². The van der Waals surface area contributed by atoms with Crippen LogP contribution in [0.1, 0.15) is 29.5 Å². The van der Waals surface area contributed by atoms with E-state index in [1.54, 1.807) is 7.11 Å². The number of hydrogen-bond acceptors (Lipinski definition) is 5. The number of pyridine rings is 1. The van der Waals surface area contributed by atoms with E-state index in [1.165, 1.54) is 34.9 Å². The van der Waals surface area contributed by atoms with Crippen LogP contribution in [0.4, 0.5) is 5.69 Å². The van der Waals surface area contributed by atoms with Crippen molar-refractivity contribution < 1.29 is 4.74 Å². The molecule has 2 heterocycles. The molecule has 0 unspecified atom stereocenters. The first-order chi connectivity index (χ1) is 14.6. The summed E-state index contributed by atoms with van der Waals surface area (Å²) >= 11 is 0. The van der Waals surface area contributed by atoms with Crippen molar-refractivity contribution in [2.45, 2.75) is 38.8 Å². The molecule has 0 saturated carbocycles. The molecule has 1 aliphatic heterocycles. The van der Waals surface area contributed by atoms with Crippen LogP contribution >= 0.6 is 0 Å². The van der Waals surface area contributed by atoms with Gasteiger partial charge in [0.15, 0.2) is 0 Å². The van der Waals surface area contributed by atoms with Gasteiger partial charge in [0, 0.05) is 30.7 Å². The molecule has 4 rings (SSSR count). The lowest BCUT2D eigenvalue weighted by atomic mass is 10.0. The van der Waals surface area contributed by atoms with Gasteiger partial charge in [0.2, 0.25) is 0 Å². The first-order valence-electron chi connectivity index (χ1n) is 10.8. The molecule has 0 spiro atoms. The Kier molecular flexibility index (Phi) is 6.50. The Bertz CT molecular complexity index is 996. The molecule has 0 aliphatic carbocycles. The third-order valence-electron chi connectivity index (χ3n) is 6.13. The molecule has 1 saturated heterocycles. The van der Waals surface area contributed by atoms with Crippen molar-refractivity contribution in [1.82, 2.24) is 15.2 Å². The van der Waals surface area contributed by atoms with Crippen LogP contribution in [0.5, 0.6) is 5.75 Å². The van der Waals surface area contributed by atoms with E-state index < -0.39 is 0 Å². The highest BCUT2D eigenvalue weighted by molar-refractivity contribution is 5.82. The van der Waals surface area contributed by atoms with Crippen LogP contribution < -0.4 is 15.8 Å². The molecule has 158 valence electrons. The number of aromatic nitrogens is 1. The van der Waals surface area contributed by atoms with Crippen LogP contribution in [0.3, 0.4) is 0 Å². The number of benzene rings is 2. The largest absolute Gasteiger partial charge is 0.495 e. The predicted octanol–water partition coefficient (Wildman–Crippen LogP) is 3.93. The number of nitrogens with two attached hydrogens (primary N) is 1. The second kappa shape index (κ2) is 9.45. The molecule has 5 nitrogen and oxygen atoms in total. The summed E-state index contributed by atoms with van der Waals surface area (Å²) in [6.07, 6.45) is 5.39. The van der Waals surface area contributed by atoms with E-state index in [1.807, 2.05) is 18.3 Å². The molecule has 1 aromatic heterocycles. The summed E-state index contributed by atoms with van der Waals surface area (Å²) in [6, 6.07) is 15.3. The number of ether oxygens (including phenoxy) is 1. The highest BCUT2D eigenvalue weighted by Gasteiger charge is 2.19. The Balaban J connectivity index is 1.25. The first kappa shape index (κ1) is 20.6. The minimum atomic E-state index is 0.564. The van der Waals surface area contributed by atoms with Crippen molar-refractivity contribution in [3.63, 3.8) is 0 Å². The van der Waals surface area contributed by atoms with Crippen LogP contribution in [0.25, 0.3) is 10.9 Å². The maximum Gasteiger partial charge on any atom is 0.141 e. The van der Waals surface area contributed by atoms with E-state index in [0.29, 0.717) is 11.7 Å². The number of aryl methyl sites for hydroxylation is 1. The van der Waals surface area contributed by atoms with Gasteiger partial charge in [-0.1, -0.05) is 18.2 Å². The number of nitrogen functional groups attached to an aromatic ring is 1. The number of methoxy groups -OCH3 is 1. The number of piperidine rings is 1. The quantitative estimate of drug-likeness (QED) is 0.584. The van der Waals surface area contributed by atoms with E-state index in [0.717, 1.165) is 43.9 Å². The average Bonchev–Trinajstić information content (AvgIpc) is 2.77. The second-order valence-corrected chi connectivity index (χ2v) is 8.32. The lowest BCUT2D eigenvalue weighted by Crippen LogP contribution is -2.42. The third kappa shape index (κ3) is 4.91. The van der Waals surface area contributed by atoms with E-state index in [-0.39, 0.29) is 0 Å². The number of anilines is 1. The summed E-state index contributed by atoms with van der Waals surface area (Å²) in [4.78, 5) is 7.16. The topological polar surface area (TPSA) is 63.4 Å². The molecule has 0 bridgehead atoms. The van der Waals surface area contributed by atoms with Gasteiger partial charge in [-0.3, -0.25) is 4.98 Å². The molecule has 1 fully saturated rings. The molecule has 0 amide bonds. The maximum absolute atomic E-state index is 6.02. The highest BCUT2D eigenvalue weighted by atomic mass is 16.5.